The fourth-order valence-corrected chi connectivity index (χ4v) is 3.53. The predicted molar refractivity (Wildman–Crippen MR) is 72.6 cm³/mol. The zero-order valence-corrected chi connectivity index (χ0v) is 11.4. The third-order valence-electron chi connectivity index (χ3n) is 3.46. The summed E-state index contributed by atoms with van der Waals surface area (Å²) in [5.74, 6) is 2.72. The molecule has 0 saturated carbocycles. The number of hydrogen-bond acceptors (Lipinski definition) is 3. The monoisotopic (exact) mass is 270 g/mol. The van der Waals surface area contributed by atoms with E-state index in [9.17, 15) is 9.50 Å². The van der Waals surface area contributed by atoms with Crippen LogP contribution in [0, 0.1) is 11.7 Å². The van der Waals surface area contributed by atoms with Crippen LogP contribution in [0.15, 0.2) is 18.2 Å². The van der Waals surface area contributed by atoms with Crippen LogP contribution in [0.1, 0.15) is 30.9 Å². The normalized spacial score (nSPS) is 18.6. The van der Waals surface area contributed by atoms with Crippen LogP contribution in [-0.4, -0.2) is 23.7 Å². The summed E-state index contributed by atoms with van der Waals surface area (Å²) in [7, 11) is 1.44. The maximum atomic E-state index is 13.5. The molecule has 2 rings (SSSR count). The molecule has 100 valence electrons. The number of thioether (sulfide) groups is 1. The first-order chi connectivity index (χ1) is 8.70. The lowest BCUT2D eigenvalue weighted by Gasteiger charge is -2.24. The van der Waals surface area contributed by atoms with Gasteiger partial charge in [0, 0.05) is 0 Å². The van der Waals surface area contributed by atoms with Crippen LogP contribution >= 0.6 is 11.8 Å². The van der Waals surface area contributed by atoms with Crippen LogP contribution in [0.2, 0.25) is 0 Å². The Balaban J connectivity index is 1.99. The van der Waals surface area contributed by atoms with Crippen LogP contribution in [0.4, 0.5) is 4.39 Å². The molecule has 1 atom stereocenters. The van der Waals surface area contributed by atoms with Gasteiger partial charge in [0.25, 0.3) is 0 Å². The van der Waals surface area contributed by atoms with E-state index in [2.05, 4.69) is 0 Å². The van der Waals surface area contributed by atoms with Gasteiger partial charge in [-0.2, -0.15) is 11.8 Å². The van der Waals surface area contributed by atoms with E-state index in [1.54, 1.807) is 12.1 Å². The van der Waals surface area contributed by atoms with E-state index < -0.39 is 11.9 Å². The Bertz CT molecular complexity index is 391. The highest BCUT2D eigenvalue weighted by Crippen LogP contribution is 2.32. The molecule has 1 saturated heterocycles. The van der Waals surface area contributed by atoms with Crippen LogP contribution in [-0.2, 0) is 0 Å². The Labute approximate surface area is 112 Å². The number of ether oxygens (including phenoxy) is 1. The standard InChI is InChI=1S/C14H19FO2S/c1-17-14-3-2-11(9-12(14)15)13(16)8-10-4-6-18-7-5-10/h2-3,9-10,13,16H,4-8H2,1H3. The molecule has 1 aromatic rings. The van der Waals surface area contributed by atoms with Crippen molar-refractivity contribution in [1.82, 2.24) is 0 Å². The summed E-state index contributed by atoms with van der Waals surface area (Å²) < 4.78 is 18.4. The number of aliphatic hydroxyl groups excluding tert-OH is 1. The molecule has 2 nitrogen and oxygen atoms in total. The minimum atomic E-state index is -0.571. The molecule has 0 bridgehead atoms. The molecule has 0 amide bonds. The first-order valence-corrected chi connectivity index (χ1v) is 7.45. The van der Waals surface area contributed by atoms with Crippen molar-refractivity contribution in [3.8, 4) is 5.75 Å². The van der Waals surface area contributed by atoms with Crippen molar-refractivity contribution in [2.45, 2.75) is 25.4 Å². The summed E-state index contributed by atoms with van der Waals surface area (Å²) in [6.45, 7) is 0. The van der Waals surface area contributed by atoms with Gasteiger partial charge in [-0.15, -0.1) is 0 Å². The Kier molecular flexibility index (Phi) is 4.89. The Morgan fingerprint density at radius 1 is 1.44 bits per heavy atom. The largest absolute Gasteiger partial charge is 0.494 e. The molecule has 1 fully saturated rings. The third kappa shape index (κ3) is 3.39. The molecule has 4 heteroatoms. The van der Waals surface area contributed by atoms with Gasteiger partial charge in [-0.3, -0.25) is 0 Å². The van der Waals surface area contributed by atoms with Gasteiger partial charge in [0.15, 0.2) is 11.6 Å². The fraction of sp³-hybridized carbons (Fsp3) is 0.571. The number of hydrogen-bond donors (Lipinski definition) is 1. The van der Waals surface area contributed by atoms with E-state index in [0.29, 0.717) is 11.5 Å². The van der Waals surface area contributed by atoms with E-state index in [0.717, 1.165) is 19.3 Å². The quantitative estimate of drug-likeness (QED) is 0.909. The summed E-state index contributed by atoms with van der Waals surface area (Å²) >= 11 is 1.97. The summed E-state index contributed by atoms with van der Waals surface area (Å²) in [5.41, 5.74) is 0.645. The second kappa shape index (κ2) is 6.43. The first kappa shape index (κ1) is 13.7. The minimum Gasteiger partial charge on any atom is -0.494 e. The van der Waals surface area contributed by atoms with Crippen molar-refractivity contribution < 1.29 is 14.2 Å². The lowest BCUT2D eigenvalue weighted by molar-refractivity contribution is 0.140. The Morgan fingerprint density at radius 3 is 2.78 bits per heavy atom. The molecule has 0 aromatic heterocycles. The van der Waals surface area contributed by atoms with Crippen molar-refractivity contribution in [3.63, 3.8) is 0 Å². The third-order valence-corrected chi connectivity index (χ3v) is 4.51. The molecule has 1 aliphatic rings. The van der Waals surface area contributed by atoms with E-state index in [1.165, 1.54) is 24.7 Å². The Hall–Kier alpha value is -0.740. The molecule has 0 aliphatic carbocycles. The average molecular weight is 270 g/mol. The van der Waals surface area contributed by atoms with Crippen molar-refractivity contribution in [1.29, 1.82) is 0 Å². The SMILES string of the molecule is COc1ccc(C(O)CC2CCSCC2)cc1F. The molecule has 1 aliphatic heterocycles. The van der Waals surface area contributed by atoms with Crippen molar-refractivity contribution >= 4 is 11.8 Å². The van der Waals surface area contributed by atoms with Crippen LogP contribution < -0.4 is 4.74 Å². The van der Waals surface area contributed by atoms with Gasteiger partial charge in [0.2, 0.25) is 0 Å². The van der Waals surface area contributed by atoms with Gasteiger partial charge in [-0.25, -0.2) is 4.39 Å². The van der Waals surface area contributed by atoms with Gasteiger partial charge in [0.1, 0.15) is 0 Å². The number of halogens is 1. The van der Waals surface area contributed by atoms with Crippen molar-refractivity contribution in [2.24, 2.45) is 5.92 Å². The average Bonchev–Trinajstić information content (AvgIpc) is 2.39. The fourth-order valence-electron chi connectivity index (χ4n) is 2.32. The highest BCUT2D eigenvalue weighted by Gasteiger charge is 2.19. The van der Waals surface area contributed by atoms with E-state index in [-0.39, 0.29) is 5.75 Å². The maximum absolute atomic E-state index is 13.5. The van der Waals surface area contributed by atoms with E-state index in [1.807, 2.05) is 11.8 Å². The lowest BCUT2D eigenvalue weighted by atomic mass is 9.92. The maximum Gasteiger partial charge on any atom is 0.165 e. The zero-order valence-electron chi connectivity index (χ0n) is 10.6. The second-order valence-corrected chi connectivity index (χ2v) is 5.93. The highest BCUT2D eigenvalue weighted by molar-refractivity contribution is 7.99. The molecular formula is C14H19FO2S. The number of aliphatic hydroxyl groups is 1. The van der Waals surface area contributed by atoms with Gasteiger partial charge < -0.3 is 9.84 Å². The zero-order chi connectivity index (χ0) is 13.0. The summed E-state index contributed by atoms with van der Waals surface area (Å²) in [6, 6.07) is 4.69. The molecule has 1 heterocycles. The highest BCUT2D eigenvalue weighted by atomic mass is 32.2. The van der Waals surface area contributed by atoms with Crippen molar-refractivity contribution in [2.75, 3.05) is 18.6 Å². The summed E-state index contributed by atoms with van der Waals surface area (Å²) in [4.78, 5) is 0. The van der Waals surface area contributed by atoms with Gasteiger partial charge in [-0.05, 0) is 54.4 Å². The molecule has 0 spiro atoms. The molecule has 1 aromatic carbocycles. The number of benzene rings is 1. The molecule has 0 radical (unpaired) electrons. The summed E-state index contributed by atoms with van der Waals surface area (Å²) in [5, 5.41) is 10.1. The molecule has 1 N–H and O–H groups in total. The van der Waals surface area contributed by atoms with Crippen molar-refractivity contribution in [3.05, 3.63) is 29.6 Å². The number of rotatable bonds is 4. The number of methoxy groups -OCH3 is 1. The lowest BCUT2D eigenvalue weighted by Crippen LogP contribution is -2.13. The van der Waals surface area contributed by atoms with Crippen LogP contribution in [0.25, 0.3) is 0 Å². The van der Waals surface area contributed by atoms with E-state index in [4.69, 9.17) is 4.74 Å². The van der Waals surface area contributed by atoms with Gasteiger partial charge in [-0.1, -0.05) is 6.07 Å². The van der Waals surface area contributed by atoms with E-state index >= 15 is 0 Å². The second-order valence-electron chi connectivity index (χ2n) is 4.70. The van der Waals surface area contributed by atoms with Gasteiger partial charge >= 0.3 is 0 Å². The summed E-state index contributed by atoms with van der Waals surface area (Å²) in [6.07, 6.45) is 2.46. The van der Waals surface area contributed by atoms with Gasteiger partial charge in [0.05, 0.1) is 13.2 Å². The molecule has 18 heavy (non-hydrogen) atoms. The topological polar surface area (TPSA) is 29.5 Å². The predicted octanol–water partition coefficient (Wildman–Crippen LogP) is 3.40. The minimum absolute atomic E-state index is 0.222. The van der Waals surface area contributed by atoms with Crippen LogP contribution in [0.5, 0.6) is 5.75 Å². The van der Waals surface area contributed by atoms with Crippen LogP contribution in [0.3, 0.4) is 0 Å². The Morgan fingerprint density at radius 2 is 2.17 bits per heavy atom. The first-order valence-electron chi connectivity index (χ1n) is 6.30. The smallest absolute Gasteiger partial charge is 0.165 e. The molecular weight excluding hydrogens is 251 g/mol. The molecule has 1 unspecified atom stereocenters.